The fourth-order valence-corrected chi connectivity index (χ4v) is 5.26. The van der Waals surface area contributed by atoms with Crippen molar-refractivity contribution in [3.8, 4) is 0 Å². The molecule has 1 atom stereocenters. The van der Waals surface area contributed by atoms with E-state index in [1.165, 1.54) is 23.3 Å². The molecule has 0 aromatic heterocycles. The number of carbonyl (C=O) groups excluding carboxylic acids is 1. The second-order valence-electron chi connectivity index (χ2n) is 6.49. The molecule has 1 fully saturated rings. The zero-order chi connectivity index (χ0) is 14.9. The molecule has 1 saturated carbocycles. The molecule has 1 amide bonds. The van der Waals surface area contributed by atoms with E-state index in [0.717, 1.165) is 29.8 Å². The average molecular weight is 368 g/mol. The topological polar surface area (TPSA) is 29.1 Å². The van der Waals surface area contributed by atoms with Gasteiger partial charge in [0.2, 0.25) is 5.91 Å². The number of amides is 1. The van der Waals surface area contributed by atoms with Crippen molar-refractivity contribution >= 4 is 33.6 Å². The highest BCUT2D eigenvalue weighted by molar-refractivity contribution is 9.09. The van der Waals surface area contributed by atoms with Gasteiger partial charge in [-0.25, -0.2) is 0 Å². The van der Waals surface area contributed by atoms with Crippen molar-refractivity contribution in [2.24, 2.45) is 5.92 Å². The number of nitrogens with one attached hydrogen (secondary N) is 1. The molecule has 1 aliphatic heterocycles. The van der Waals surface area contributed by atoms with Gasteiger partial charge in [-0.05, 0) is 43.2 Å². The minimum atomic E-state index is -0.0359. The van der Waals surface area contributed by atoms with E-state index in [1.54, 1.807) is 11.8 Å². The van der Waals surface area contributed by atoms with Gasteiger partial charge >= 0.3 is 0 Å². The highest BCUT2D eigenvalue weighted by Gasteiger charge is 2.38. The minimum Gasteiger partial charge on any atom is -0.349 e. The lowest BCUT2D eigenvalue weighted by Gasteiger charge is -2.39. The second kappa shape index (κ2) is 6.33. The van der Waals surface area contributed by atoms with E-state index in [4.69, 9.17) is 0 Å². The van der Waals surface area contributed by atoms with E-state index < -0.39 is 0 Å². The van der Waals surface area contributed by atoms with Crippen molar-refractivity contribution in [3.63, 3.8) is 0 Å². The molecule has 1 N–H and O–H groups in total. The first-order chi connectivity index (χ1) is 10.1. The smallest absolute Gasteiger partial charge is 0.228 e. The van der Waals surface area contributed by atoms with Gasteiger partial charge in [-0.1, -0.05) is 41.1 Å². The van der Waals surface area contributed by atoms with Crippen LogP contribution in [-0.2, 0) is 4.79 Å². The molecular weight excluding hydrogens is 346 g/mol. The standard InChI is InChI=1S/C17H22BrNOS/c1-12-6-8-17(11-18,9-7-12)19-16(20)14-10-21-15-5-3-2-4-13(14)15/h2-5,12,14H,6-11H2,1H3,(H,19,20). The Morgan fingerprint density at radius 2 is 2.10 bits per heavy atom. The zero-order valence-electron chi connectivity index (χ0n) is 12.4. The van der Waals surface area contributed by atoms with Crippen LogP contribution in [0.25, 0.3) is 0 Å². The van der Waals surface area contributed by atoms with Gasteiger partial charge in [0.25, 0.3) is 0 Å². The molecule has 1 heterocycles. The molecular formula is C17H22BrNOS. The lowest BCUT2D eigenvalue weighted by Crippen LogP contribution is -2.53. The first kappa shape index (κ1) is 15.4. The molecule has 1 aromatic rings. The summed E-state index contributed by atoms with van der Waals surface area (Å²) in [6.45, 7) is 2.31. The summed E-state index contributed by atoms with van der Waals surface area (Å²) in [5.74, 6) is 1.89. The van der Waals surface area contributed by atoms with Crippen molar-refractivity contribution in [1.82, 2.24) is 5.32 Å². The number of alkyl halides is 1. The zero-order valence-corrected chi connectivity index (χ0v) is 14.8. The van der Waals surface area contributed by atoms with Gasteiger partial charge in [-0.2, -0.15) is 0 Å². The van der Waals surface area contributed by atoms with Gasteiger partial charge in [0.15, 0.2) is 0 Å². The Labute approximate surface area is 139 Å². The Bertz CT molecular complexity index is 525. The Morgan fingerprint density at radius 1 is 1.38 bits per heavy atom. The first-order valence-electron chi connectivity index (χ1n) is 7.73. The highest BCUT2D eigenvalue weighted by Crippen LogP contribution is 2.40. The molecule has 0 radical (unpaired) electrons. The number of hydrogen-bond donors (Lipinski definition) is 1. The van der Waals surface area contributed by atoms with Crippen molar-refractivity contribution in [2.75, 3.05) is 11.1 Å². The Kier molecular flexibility index (Phi) is 4.65. The highest BCUT2D eigenvalue weighted by atomic mass is 79.9. The molecule has 0 bridgehead atoms. The van der Waals surface area contributed by atoms with Crippen molar-refractivity contribution in [3.05, 3.63) is 29.8 Å². The summed E-state index contributed by atoms with van der Waals surface area (Å²) >= 11 is 5.44. The molecule has 4 heteroatoms. The third-order valence-corrected chi connectivity index (χ3v) is 7.15. The van der Waals surface area contributed by atoms with E-state index in [1.807, 2.05) is 6.07 Å². The van der Waals surface area contributed by atoms with Crippen molar-refractivity contribution in [1.29, 1.82) is 0 Å². The fourth-order valence-electron chi connectivity index (χ4n) is 3.33. The quantitative estimate of drug-likeness (QED) is 0.805. The van der Waals surface area contributed by atoms with Crippen LogP contribution in [0.1, 0.15) is 44.1 Å². The lowest BCUT2D eigenvalue weighted by atomic mass is 9.78. The third kappa shape index (κ3) is 3.16. The van der Waals surface area contributed by atoms with E-state index in [2.05, 4.69) is 46.4 Å². The van der Waals surface area contributed by atoms with E-state index in [0.29, 0.717) is 0 Å². The molecule has 1 aliphatic carbocycles. The van der Waals surface area contributed by atoms with Crippen LogP contribution in [0.4, 0.5) is 0 Å². The summed E-state index contributed by atoms with van der Waals surface area (Å²) in [7, 11) is 0. The molecule has 21 heavy (non-hydrogen) atoms. The maximum atomic E-state index is 12.8. The Hall–Kier alpha value is -0.480. The number of rotatable bonds is 3. The molecule has 0 spiro atoms. The summed E-state index contributed by atoms with van der Waals surface area (Å²) in [6.07, 6.45) is 4.60. The van der Waals surface area contributed by atoms with Gasteiger partial charge in [-0.3, -0.25) is 4.79 Å². The normalized spacial score (nSPS) is 31.7. The van der Waals surface area contributed by atoms with Crippen LogP contribution in [0.15, 0.2) is 29.2 Å². The number of hydrogen-bond acceptors (Lipinski definition) is 2. The maximum Gasteiger partial charge on any atom is 0.228 e. The fraction of sp³-hybridized carbons (Fsp3) is 0.588. The van der Waals surface area contributed by atoms with Gasteiger partial charge in [0.1, 0.15) is 0 Å². The third-order valence-electron chi connectivity index (χ3n) is 4.89. The summed E-state index contributed by atoms with van der Waals surface area (Å²) in [5.41, 5.74) is 1.17. The van der Waals surface area contributed by atoms with Crippen LogP contribution in [0, 0.1) is 5.92 Å². The predicted octanol–water partition coefficient (Wildman–Crippen LogP) is 4.34. The number of carbonyl (C=O) groups is 1. The SMILES string of the molecule is CC1CCC(CBr)(NC(=O)C2CSc3ccccc32)CC1. The van der Waals surface area contributed by atoms with Crippen LogP contribution in [0.2, 0.25) is 0 Å². The Balaban J connectivity index is 1.72. The number of halogens is 1. The van der Waals surface area contributed by atoms with Crippen LogP contribution in [0.5, 0.6) is 0 Å². The molecule has 2 nitrogen and oxygen atoms in total. The predicted molar refractivity (Wildman–Crippen MR) is 92.2 cm³/mol. The van der Waals surface area contributed by atoms with E-state index in [9.17, 15) is 4.79 Å². The number of fused-ring (bicyclic) bond motifs is 1. The molecule has 2 aliphatic rings. The lowest BCUT2D eigenvalue weighted by molar-refractivity contribution is -0.124. The molecule has 1 aromatic carbocycles. The van der Waals surface area contributed by atoms with Gasteiger partial charge in [-0.15, -0.1) is 11.8 Å². The van der Waals surface area contributed by atoms with Crippen LogP contribution < -0.4 is 5.32 Å². The largest absolute Gasteiger partial charge is 0.349 e. The van der Waals surface area contributed by atoms with Crippen LogP contribution in [0.3, 0.4) is 0 Å². The summed E-state index contributed by atoms with van der Waals surface area (Å²) in [5, 5.41) is 4.25. The van der Waals surface area contributed by atoms with E-state index >= 15 is 0 Å². The molecule has 1 unspecified atom stereocenters. The minimum absolute atomic E-state index is 0.0153. The van der Waals surface area contributed by atoms with Gasteiger partial charge in [0, 0.05) is 21.5 Å². The number of benzene rings is 1. The van der Waals surface area contributed by atoms with Crippen molar-refractivity contribution in [2.45, 2.75) is 49.0 Å². The van der Waals surface area contributed by atoms with E-state index in [-0.39, 0.29) is 17.4 Å². The molecule has 0 saturated heterocycles. The maximum absolute atomic E-state index is 12.8. The number of thioether (sulfide) groups is 1. The second-order valence-corrected chi connectivity index (χ2v) is 8.11. The molecule has 3 rings (SSSR count). The first-order valence-corrected chi connectivity index (χ1v) is 9.84. The van der Waals surface area contributed by atoms with Gasteiger partial charge in [0.05, 0.1) is 5.92 Å². The summed E-state index contributed by atoms with van der Waals surface area (Å²) < 4.78 is 0. The Morgan fingerprint density at radius 3 is 2.81 bits per heavy atom. The monoisotopic (exact) mass is 367 g/mol. The van der Waals surface area contributed by atoms with Crippen LogP contribution >= 0.6 is 27.7 Å². The molecule has 114 valence electrons. The van der Waals surface area contributed by atoms with Crippen molar-refractivity contribution < 1.29 is 4.79 Å². The summed E-state index contributed by atoms with van der Waals surface area (Å²) in [4.78, 5) is 14.0. The van der Waals surface area contributed by atoms with Crippen LogP contribution in [-0.4, -0.2) is 22.5 Å². The summed E-state index contributed by atoms with van der Waals surface area (Å²) in [6, 6.07) is 8.31. The van der Waals surface area contributed by atoms with Gasteiger partial charge < -0.3 is 5.32 Å². The average Bonchev–Trinajstić information content (AvgIpc) is 2.94.